The van der Waals surface area contributed by atoms with Crippen LogP contribution in [0.15, 0.2) is 63.9 Å². The molecule has 0 aliphatic rings. The minimum atomic E-state index is -4.55. The minimum Gasteiger partial charge on any atom is -0.465 e. The van der Waals surface area contributed by atoms with Crippen LogP contribution in [-0.4, -0.2) is 32.3 Å². The molecule has 196 valence electrons. The van der Waals surface area contributed by atoms with E-state index in [-0.39, 0.29) is 44.1 Å². The summed E-state index contributed by atoms with van der Waals surface area (Å²) in [5.41, 5.74) is 1.41. The van der Waals surface area contributed by atoms with Crippen molar-refractivity contribution >= 4 is 44.2 Å². The van der Waals surface area contributed by atoms with Gasteiger partial charge in [-0.15, -0.1) is 0 Å². The fraction of sp³-hybridized carbons (Fsp3) is 0.185. The fourth-order valence-corrected chi connectivity index (χ4v) is 6.42. The molecule has 0 spiro atoms. The van der Waals surface area contributed by atoms with Gasteiger partial charge in [-0.2, -0.15) is 4.31 Å². The predicted octanol–water partition coefficient (Wildman–Crippen LogP) is 5.40. The number of aryl methyl sites for hydroxylation is 4. The largest absolute Gasteiger partial charge is 0.465 e. The van der Waals surface area contributed by atoms with Crippen molar-refractivity contribution in [1.82, 2.24) is 0 Å². The third-order valence-corrected chi connectivity index (χ3v) is 8.08. The monoisotopic (exact) mass is 536 g/mol. The average Bonchev–Trinajstić information content (AvgIpc) is 3.17. The molecular formula is C27H24N2O8S. The number of fused-ring (bicyclic) bond motifs is 1. The number of hydrogen-bond donors (Lipinski definition) is 0. The van der Waals surface area contributed by atoms with Gasteiger partial charge in [0, 0.05) is 23.1 Å². The summed E-state index contributed by atoms with van der Waals surface area (Å²) in [6.45, 7) is 6.64. The quantitative estimate of drug-likeness (QED) is 0.181. The molecule has 0 fully saturated rings. The van der Waals surface area contributed by atoms with Crippen molar-refractivity contribution in [3.63, 3.8) is 0 Å². The van der Waals surface area contributed by atoms with E-state index in [2.05, 4.69) is 0 Å². The first-order valence-corrected chi connectivity index (χ1v) is 12.8. The maximum absolute atomic E-state index is 14.2. The Kier molecular flexibility index (Phi) is 6.81. The number of nitro benzene ring substituents is 1. The van der Waals surface area contributed by atoms with Crippen molar-refractivity contribution in [3.8, 4) is 0 Å². The number of rotatable bonds is 6. The van der Waals surface area contributed by atoms with Crippen LogP contribution in [-0.2, 0) is 14.8 Å². The molecule has 4 rings (SSSR count). The number of methoxy groups -OCH3 is 1. The van der Waals surface area contributed by atoms with E-state index < -0.39 is 26.8 Å². The number of amides is 1. The van der Waals surface area contributed by atoms with Gasteiger partial charge in [-0.1, -0.05) is 23.8 Å². The van der Waals surface area contributed by atoms with Gasteiger partial charge in [0.2, 0.25) is 0 Å². The number of carbonyl (C=O) groups is 2. The Morgan fingerprint density at radius 1 is 0.974 bits per heavy atom. The summed E-state index contributed by atoms with van der Waals surface area (Å²) in [4.78, 5) is 36.9. The number of non-ortho nitro benzene ring substituents is 1. The molecule has 0 atom stereocenters. The molecule has 38 heavy (non-hydrogen) atoms. The van der Waals surface area contributed by atoms with Crippen LogP contribution < -0.4 is 4.31 Å². The highest BCUT2D eigenvalue weighted by Crippen LogP contribution is 2.35. The second-order valence-electron chi connectivity index (χ2n) is 8.82. The number of carbonyl (C=O) groups excluding carboxylic acids is 2. The molecule has 1 aromatic heterocycles. The van der Waals surface area contributed by atoms with Crippen LogP contribution in [0, 0.1) is 37.8 Å². The van der Waals surface area contributed by atoms with Gasteiger partial charge in [-0.05, 0) is 63.1 Å². The lowest BCUT2D eigenvalue weighted by molar-refractivity contribution is -0.384. The molecule has 0 N–H and O–H groups in total. The first kappa shape index (κ1) is 26.6. The maximum atomic E-state index is 14.2. The summed E-state index contributed by atoms with van der Waals surface area (Å²) in [6.07, 6.45) is 0. The lowest BCUT2D eigenvalue weighted by Crippen LogP contribution is -2.38. The molecule has 0 aliphatic carbocycles. The Balaban J connectivity index is 2.02. The van der Waals surface area contributed by atoms with Gasteiger partial charge < -0.3 is 9.15 Å². The van der Waals surface area contributed by atoms with E-state index >= 15 is 0 Å². The highest BCUT2D eigenvalue weighted by molar-refractivity contribution is 7.93. The smallest absolute Gasteiger partial charge is 0.342 e. The number of ether oxygens (including phenoxy) is 1. The van der Waals surface area contributed by atoms with E-state index in [0.717, 1.165) is 11.6 Å². The van der Waals surface area contributed by atoms with E-state index in [4.69, 9.17) is 9.15 Å². The molecule has 0 radical (unpaired) electrons. The molecule has 4 aromatic rings. The summed E-state index contributed by atoms with van der Waals surface area (Å²) in [5, 5.41) is 11.6. The Hall–Kier alpha value is -4.51. The van der Waals surface area contributed by atoms with Crippen LogP contribution in [0.2, 0.25) is 0 Å². The normalized spacial score (nSPS) is 11.4. The molecule has 0 bridgehead atoms. The number of hydrogen-bond acceptors (Lipinski definition) is 8. The molecule has 1 amide bonds. The third kappa shape index (κ3) is 4.52. The molecule has 11 heteroatoms. The third-order valence-electron chi connectivity index (χ3n) is 6.06. The standard InChI is InChI=1S/C27H24N2O8S/c1-15-11-16(2)25(17(3)12-15)38(34,35)28(26(30)19-7-6-8-21(13-19)29(32)33)20-9-10-23-22(14-20)24(18(4)37-23)27(31)36-5/h6-14H,1-5H3. The van der Waals surface area contributed by atoms with Crippen molar-refractivity contribution in [3.05, 3.63) is 98.3 Å². The van der Waals surface area contributed by atoms with Gasteiger partial charge in [0.1, 0.15) is 16.9 Å². The second kappa shape index (κ2) is 9.75. The minimum absolute atomic E-state index is 0.0708. The lowest BCUT2D eigenvalue weighted by atomic mass is 10.1. The lowest BCUT2D eigenvalue weighted by Gasteiger charge is -2.25. The van der Waals surface area contributed by atoms with Gasteiger partial charge >= 0.3 is 5.97 Å². The van der Waals surface area contributed by atoms with Crippen molar-refractivity contribution in [2.45, 2.75) is 32.6 Å². The van der Waals surface area contributed by atoms with Crippen LogP contribution in [0.5, 0.6) is 0 Å². The zero-order valence-corrected chi connectivity index (χ0v) is 22.1. The van der Waals surface area contributed by atoms with E-state index in [9.17, 15) is 28.1 Å². The number of anilines is 1. The van der Waals surface area contributed by atoms with Crippen LogP contribution in [0.25, 0.3) is 11.0 Å². The molecule has 0 unspecified atom stereocenters. The van der Waals surface area contributed by atoms with Crippen LogP contribution in [0.4, 0.5) is 11.4 Å². The number of esters is 1. The Morgan fingerprint density at radius 3 is 2.24 bits per heavy atom. The number of benzene rings is 3. The van der Waals surface area contributed by atoms with E-state index in [0.29, 0.717) is 15.4 Å². The zero-order valence-electron chi connectivity index (χ0n) is 21.3. The summed E-state index contributed by atoms with van der Waals surface area (Å²) < 4.78 is 39.5. The molecular weight excluding hydrogens is 512 g/mol. The SMILES string of the molecule is COC(=O)c1c(C)oc2ccc(N(C(=O)c3cccc([N+](=O)[O-])c3)S(=O)(=O)c3c(C)cc(C)cc3C)cc12. The van der Waals surface area contributed by atoms with Crippen molar-refractivity contribution in [2.24, 2.45) is 0 Å². The predicted molar refractivity (Wildman–Crippen MR) is 140 cm³/mol. The topological polar surface area (TPSA) is 137 Å². The van der Waals surface area contributed by atoms with E-state index in [1.54, 1.807) is 32.9 Å². The highest BCUT2D eigenvalue weighted by Gasteiger charge is 2.35. The van der Waals surface area contributed by atoms with E-state index in [1.165, 1.54) is 43.5 Å². The molecule has 0 aliphatic heterocycles. The van der Waals surface area contributed by atoms with Gasteiger partial charge in [0.15, 0.2) is 0 Å². The van der Waals surface area contributed by atoms with Gasteiger partial charge in [-0.25, -0.2) is 13.2 Å². The number of sulfonamides is 1. The summed E-state index contributed by atoms with van der Waals surface area (Å²) in [5.74, 6) is -1.44. The Bertz CT molecular complexity index is 1710. The highest BCUT2D eigenvalue weighted by atomic mass is 32.2. The van der Waals surface area contributed by atoms with Gasteiger partial charge in [0.25, 0.3) is 21.6 Å². The number of nitrogens with zero attached hydrogens (tertiary/aromatic N) is 2. The molecule has 1 heterocycles. The maximum Gasteiger partial charge on any atom is 0.342 e. The van der Waals surface area contributed by atoms with Crippen LogP contribution >= 0.6 is 0 Å². The molecule has 0 saturated carbocycles. The summed E-state index contributed by atoms with van der Waals surface area (Å²) in [6, 6.07) is 12.4. The first-order valence-electron chi connectivity index (χ1n) is 11.4. The number of nitro groups is 1. The fourth-order valence-electron chi connectivity index (χ4n) is 4.59. The first-order chi connectivity index (χ1) is 17.9. The summed E-state index contributed by atoms with van der Waals surface area (Å²) in [7, 11) is -3.34. The van der Waals surface area contributed by atoms with Crippen molar-refractivity contribution < 1.29 is 32.1 Å². The van der Waals surface area contributed by atoms with Crippen molar-refractivity contribution in [2.75, 3.05) is 11.4 Å². The average molecular weight is 537 g/mol. The molecule has 10 nitrogen and oxygen atoms in total. The van der Waals surface area contributed by atoms with E-state index in [1.807, 2.05) is 6.92 Å². The van der Waals surface area contributed by atoms with Crippen LogP contribution in [0.3, 0.4) is 0 Å². The second-order valence-corrected chi connectivity index (χ2v) is 10.5. The van der Waals surface area contributed by atoms with Gasteiger partial charge in [0.05, 0.1) is 22.6 Å². The van der Waals surface area contributed by atoms with Crippen molar-refractivity contribution in [1.29, 1.82) is 0 Å². The summed E-state index contributed by atoms with van der Waals surface area (Å²) >= 11 is 0. The van der Waals surface area contributed by atoms with Gasteiger partial charge in [-0.3, -0.25) is 14.9 Å². The zero-order chi connectivity index (χ0) is 27.9. The van der Waals surface area contributed by atoms with Crippen LogP contribution in [0.1, 0.15) is 43.2 Å². The Labute approximate surface area is 218 Å². The Morgan fingerprint density at radius 2 is 1.63 bits per heavy atom. The molecule has 0 saturated heterocycles. The number of furan rings is 1. The molecule has 3 aromatic carbocycles.